The summed E-state index contributed by atoms with van der Waals surface area (Å²) in [5.41, 5.74) is 1.54. The van der Waals surface area contributed by atoms with Crippen molar-refractivity contribution in [2.24, 2.45) is 0 Å². The van der Waals surface area contributed by atoms with E-state index in [0.717, 1.165) is 18.6 Å². The van der Waals surface area contributed by atoms with Gasteiger partial charge in [-0.25, -0.2) is 4.39 Å². The zero-order valence-electron chi connectivity index (χ0n) is 11.6. The predicted molar refractivity (Wildman–Crippen MR) is 76.0 cm³/mol. The summed E-state index contributed by atoms with van der Waals surface area (Å²) in [7, 11) is 0. The van der Waals surface area contributed by atoms with Gasteiger partial charge in [-0.15, -0.1) is 0 Å². The summed E-state index contributed by atoms with van der Waals surface area (Å²) in [4.78, 5) is 0. The van der Waals surface area contributed by atoms with Crippen LogP contribution in [0.1, 0.15) is 30.2 Å². The number of furan rings is 1. The van der Waals surface area contributed by atoms with E-state index in [-0.39, 0.29) is 11.9 Å². The summed E-state index contributed by atoms with van der Waals surface area (Å²) >= 11 is 0. The van der Waals surface area contributed by atoms with Gasteiger partial charge in [0.05, 0.1) is 17.9 Å². The van der Waals surface area contributed by atoms with Crippen LogP contribution in [0.15, 0.2) is 34.9 Å². The molecule has 0 aliphatic rings. The maximum absolute atomic E-state index is 13.7. The van der Waals surface area contributed by atoms with Gasteiger partial charge >= 0.3 is 0 Å². The van der Waals surface area contributed by atoms with Gasteiger partial charge in [0.25, 0.3) is 0 Å². The minimum absolute atomic E-state index is 0.159. The van der Waals surface area contributed by atoms with Crippen LogP contribution < -0.4 is 5.32 Å². The van der Waals surface area contributed by atoms with E-state index in [4.69, 9.17) is 9.68 Å². The van der Waals surface area contributed by atoms with Crippen LogP contribution in [0.3, 0.4) is 0 Å². The van der Waals surface area contributed by atoms with Gasteiger partial charge in [0, 0.05) is 23.7 Å². The highest BCUT2D eigenvalue weighted by molar-refractivity contribution is 5.56. The number of aryl methyl sites for hydroxylation is 1. The maximum atomic E-state index is 13.7. The number of nitrogens with zero attached hydrogens (tertiary/aromatic N) is 1. The number of benzene rings is 1. The monoisotopic (exact) mass is 272 g/mol. The lowest BCUT2D eigenvalue weighted by molar-refractivity contribution is 0.495. The van der Waals surface area contributed by atoms with Crippen LogP contribution in [0.2, 0.25) is 0 Å². The predicted octanol–water partition coefficient (Wildman–Crippen LogP) is 4.03. The Kier molecular flexibility index (Phi) is 4.41. The van der Waals surface area contributed by atoms with Crippen LogP contribution in [0, 0.1) is 24.1 Å². The topological polar surface area (TPSA) is 49.0 Å². The molecule has 0 spiro atoms. The molecule has 20 heavy (non-hydrogen) atoms. The van der Waals surface area contributed by atoms with Crippen molar-refractivity contribution in [1.82, 2.24) is 0 Å². The van der Waals surface area contributed by atoms with Crippen LogP contribution in [-0.2, 0) is 6.42 Å². The number of anilines is 1. The van der Waals surface area contributed by atoms with Crippen molar-refractivity contribution < 1.29 is 8.81 Å². The third-order valence-electron chi connectivity index (χ3n) is 3.28. The minimum atomic E-state index is -0.357. The Morgan fingerprint density at radius 3 is 2.90 bits per heavy atom. The summed E-state index contributed by atoms with van der Waals surface area (Å²) in [5, 5.41) is 12.1. The molecule has 1 aromatic carbocycles. The molecule has 0 radical (unpaired) electrons. The molecule has 0 fully saturated rings. The smallest absolute Gasteiger partial charge is 0.129 e. The number of hydrogen-bond donors (Lipinski definition) is 1. The number of nitrogens with one attached hydrogen (secondary N) is 1. The summed E-state index contributed by atoms with van der Waals surface area (Å²) in [6.07, 6.45) is 3.34. The van der Waals surface area contributed by atoms with Gasteiger partial charge in [0.1, 0.15) is 11.6 Å². The number of nitriles is 1. The normalized spacial score (nSPS) is 11.9. The molecule has 3 nitrogen and oxygen atoms in total. The molecule has 0 aliphatic carbocycles. The fourth-order valence-electron chi connectivity index (χ4n) is 2.04. The van der Waals surface area contributed by atoms with E-state index in [9.17, 15) is 4.39 Å². The lowest BCUT2D eigenvalue weighted by atomic mass is 10.1. The zero-order chi connectivity index (χ0) is 14.5. The van der Waals surface area contributed by atoms with E-state index in [1.807, 2.05) is 25.1 Å². The highest BCUT2D eigenvalue weighted by atomic mass is 19.1. The van der Waals surface area contributed by atoms with Crippen LogP contribution in [0.5, 0.6) is 0 Å². The summed E-state index contributed by atoms with van der Waals surface area (Å²) in [6, 6.07) is 8.87. The maximum Gasteiger partial charge on any atom is 0.129 e. The Morgan fingerprint density at radius 1 is 1.45 bits per heavy atom. The minimum Gasteiger partial charge on any atom is -0.469 e. The first-order chi connectivity index (χ1) is 9.60. The van der Waals surface area contributed by atoms with Gasteiger partial charge in [0.15, 0.2) is 0 Å². The molecular weight excluding hydrogens is 255 g/mol. The highest BCUT2D eigenvalue weighted by Gasteiger charge is 2.10. The molecule has 104 valence electrons. The van der Waals surface area contributed by atoms with Crippen molar-refractivity contribution in [3.05, 3.63) is 53.2 Å². The number of rotatable bonds is 5. The average molecular weight is 272 g/mol. The molecule has 1 N–H and O–H groups in total. The molecule has 0 amide bonds. The van der Waals surface area contributed by atoms with E-state index >= 15 is 0 Å². The molecule has 0 aliphatic heterocycles. The SMILES string of the molecule is Cc1c(F)cc(C#N)cc1NC(C)CCc1ccco1. The van der Waals surface area contributed by atoms with Crippen molar-refractivity contribution >= 4 is 5.69 Å². The fraction of sp³-hybridized carbons (Fsp3) is 0.312. The average Bonchev–Trinajstić information content (AvgIpc) is 2.94. The summed E-state index contributed by atoms with van der Waals surface area (Å²) in [5.74, 6) is 0.581. The lowest BCUT2D eigenvalue weighted by Gasteiger charge is -2.17. The molecule has 2 rings (SSSR count). The first-order valence-electron chi connectivity index (χ1n) is 6.59. The first kappa shape index (κ1) is 14.1. The molecule has 2 aromatic rings. The lowest BCUT2D eigenvalue weighted by Crippen LogP contribution is -2.17. The molecule has 1 heterocycles. The van der Waals surface area contributed by atoms with Crippen LogP contribution in [-0.4, -0.2) is 6.04 Å². The van der Waals surface area contributed by atoms with Crippen molar-refractivity contribution in [1.29, 1.82) is 5.26 Å². The van der Waals surface area contributed by atoms with Crippen molar-refractivity contribution in [2.75, 3.05) is 5.32 Å². The van der Waals surface area contributed by atoms with Gasteiger partial charge in [-0.1, -0.05) is 0 Å². The third kappa shape index (κ3) is 3.39. The fourth-order valence-corrected chi connectivity index (χ4v) is 2.04. The molecule has 0 saturated heterocycles. The molecule has 0 bridgehead atoms. The van der Waals surface area contributed by atoms with E-state index < -0.39 is 0 Å². The van der Waals surface area contributed by atoms with Gasteiger partial charge < -0.3 is 9.73 Å². The zero-order valence-corrected chi connectivity index (χ0v) is 11.6. The van der Waals surface area contributed by atoms with Gasteiger partial charge in [0.2, 0.25) is 0 Å². The highest BCUT2D eigenvalue weighted by Crippen LogP contribution is 2.22. The largest absolute Gasteiger partial charge is 0.469 e. The van der Waals surface area contributed by atoms with E-state index in [1.54, 1.807) is 19.3 Å². The Hall–Kier alpha value is -2.28. The summed E-state index contributed by atoms with van der Waals surface area (Å²) in [6.45, 7) is 3.73. The van der Waals surface area contributed by atoms with Gasteiger partial charge in [-0.2, -0.15) is 5.26 Å². The molecule has 1 atom stereocenters. The van der Waals surface area contributed by atoms with Crippen LogP contribution >= 0.6 is 0 Å². The van der Waals surface area contributed by atoms with Crippen LogP contribution in [0.25, 0.3) is 0 Å². The Morgan fingerprint density at radius 2 is 2.25 bits per heavy atom. The Labute approximate surface area is 118 Å². The molecule has 0 saturated carbocycles. The molecular formula is C16H17FN2O. The van der Waals surface area contributed by atoms with Crippen LogP contribution in [0.4, 0.5) is 10.1 Å². The van der Waals surface area contributed by atoms with E-state index in [0.29, 0.717) is 16.8 Å². The Balaban J connectivity index is 2.02. The second kappa shape index (κ2) is 6.25. The Bertz CT molecular complexity index is 614. The summed E-state index contributed by atoms with van der Waals surface area (Å²) < 4.78 is 19.0. The third-order valence-corrected chi connectivity index (χ3v) is 3.28. The number of hydrogen-bond acceptors (Lipinski definition) is 3. The van der Waals surface area contributed by atoms with Crippen molar-refractivity contribution in [3.8, 4) is 6.07 Å². The molecule has 1 aromatic heterocycles. The van der Waals surface area contributed by atoms with Crippen molar-refractivity contribution in [2.45, 2.75) is 32.7 Å². The number of halogens is 1. The van der Waals surface area contributed by atoms with Gasteiger partial charge in [-0.05, 0) is 44.5 Å². The van der Waals surface area contributed by atoms with E-state index in [2.05, 4.69) is 5.32 Å². The second-order valence-electron chi connectivity index (χ2n) is 4.91. The first-order valence-corrected chi connectivity index (χ1v) is 6.59. The van der Waals surface area contributed by atoms with Crippen molar-refractivity contribution in [3.63, 3.8) is 0 Å². The molecule has 1 unspecified atom stereocenters. The molecule has 4 heteroatoms. The van der Waals surface area contributed by atoms with Gasteiger partial charge in [-0.3, -0.25) is 0 Å². The quantitative estimate of drug-likeness (QED) is 0.893. The second-order valence-corrected chi connectivity index (χ2v) is 4.91. The standard InChI is InChI=1S/C16H17FN2O/c1-11(5-6-14-4-3-7-20-14)19-16-9-13(10-18)8-15(17)12(16)2/h3-4,7-9,11,19H,5-6H2,1-2H3. The van der Waals surface area contributed by atoms with E-state index in [1.165, 1.54) is 6.07 Å².